The average molecular weight is 1060 g/mol. The van der Waals surface area contributed by atoms with Crippen LogP contribution in [0.15, 0.2) is 30.3 Å². The number of aliphatic hydroxyl groups excluding tert-OH is 2. The molecule has 422 valence electrons. The number of hydrogen-bond donors (Lipinski definition) is 16. The van der Waals surface area contributed by atoms with E-state index in [0.29, 0.717) is 5.75 Å². The third-order valence-corrected chi connectivity index (χ3v) is 11.7. The van der Waals surface area contributed by atoms with Crippen molar-refractivity contribution in [3.05, 3.63) is 30.3 Å². The van der Waals surface area contributed by atoms with Gasteiger partial charge >= 0.3 is 0 Å². The Balaban J connectivity index is 2.64. The molecule has 1 heterocycles. The van der Waals surface area contributed by atoms with E-state index in [2.05, 4.69) is 53.2 Å². The molecule has 1 fully saturated rings. The molecule has 1 aliphatic heterocycles. The second kappa shape index (κ2) is 33.4. The molecular formula is C48H82N14O13. The number of carbonyl (C=O) groups is 10. The highest BCUT2D eigenvalue weighted by atomic mass is 16.5. The minimum absolute atomic E-state index is 0.0564. The van der Waals surface area contributed by atoms with Crippen molar-refractivity contribution in [2.75, 3.05) is 39.3 Å². The Bertz CT molecular complexity index is 2050. The number of nitrogens with two attached hydrogens (primary N) is 4. The quantitative estimate of drug-likeness (QED) is 0.0514. The Morgan fingerprint density at radius 3 is 1.49 bits per heavy atom. The van der Waals surface area contributed by atoms with Crippen molar-refractivity contribution in [3.63, 3.8) is 0 Å². The van der Waals surface area contributed by atoms with Crippen LogP contribution in [0.4, 0.5) is 0 Å². The number of nitrogens with one attached hydrogen (secondary N) is 10. The van der Waals surface area contributed by atoms with Gasteiger partial charge in [0.05, 0.1) is 12.2 Å². The summed E-state index contributed by atoms with van der Waals surface area (Å²) in [5.74, 6) is -8.98. The number of aliphatic hydroxyl groups is 2. The van der Waals surface area contributed by atoms with Gasteiger partial charge in [0, 0.05) is 6.54 Å². The van der Waals surface area contributed by atoms with E-state index in [1.807, 2.05) is 0 Å². The summed E-state index contributed by atoms with van der Waals surface area (Å²) < 4.78 is 5.43. The van der Waals surface area contributed by atoms with Crippen LogP contribution >= 0.6 is 0 Å². The largest absolute Gasteiger partial charge is 0.484 e. The topological polar surface area (TPSA) is 445 Å². The molecule has 27 nitrogen and oxygen atoms in total. The van der Waals surface area contributed by atoms with Gasteiger partial charge in [-0.1, -0.05) is 45.9 Å². The summed E-state index contributed by atoms with van der Waals surface area (Å²) in [4.78, 5) is 138. The molecule has 11 atom stereocenters. The van der Waals surface area contributed by atoms with E-state index in [-0.39, 0.29) is 76.5 Å². The smallest absolute Gasteiger partial charge is 0.258 e. The van der Waals surface area contributed by atoms with Gasteiger partial charge in [-0.05, 0) is 109 Å². The van der Waals surface area contributed by atoms with Crippen LogP contribution in [0.1, 0.15) is 86.5 Å². The van der Waals surface area contributed by atoms with Crippen molar-refractivity contribution in [2.45, 2.75) is 153 Å². The van der Waals surface area contributed by atoms with E-state index in [9.17, 15) is 58.2 Å². The predicted molar refractivity (Wildman–Crippen MR) is 274 cm³/mol. The molecule has 0 aliphatic carbocycles. The number of hydrogen-bond acceptors (Lipinski definition) is 17. The third-order valence-electron chi connectivity index (χ3n) is 11.7. The molecule has 10 amide bonds. The summed E-state index contributed by atoms with van der Waals surface area (Å²) in [7, 11) is 0. The summed E-state index contributed by atoms with van der Waals surface area (Å²) in [5.41, 5.74) is 23.4. The van der Waals surface area contributed by atoms with E-state index in [1.54, 1.807) is 58.0 Å². The van der Waals surface area contributed by atoms with Crippen molar-refractivity contribution in [3.8, 4) is 5.75 Å². The number of carbonyl (C=O) groups excluding carboxylic acids is 10. The van der Waals surface area contributed by atoms with Crippen LogP contribution in [0.5, 0.6) is 5.75 Å². The summed E-state index contributed by atoms with van der Waals surface area (Å²) >= 11 is 0. The molecule has 11 unspecified atom stereocenters. The maximum atomic E-state index is 14.3. The molecule has 0 spiro atoms. The first-order chi connectivity index (χ1) is 35.5. The second-order valence-electron chi connectivity index (χ2n) is 19.2. The SMILES string of the molecule is CC(C)CC1NC(=O)C(CCN)NC(=O)C(NC(=O)C(CCN)NC(=O)C(NC(=O)COc2ccccc2)C(C)O)CCNC(=O)C(C(C)O)NC(=O)C(CCN)NC(=O)C(CCN)NC(=O)C(CC(C)C)NC1=O. The van der Waals surface area contributed by atoms with Crippen LogP contribution in [-0.4, -0.2) is 175 Å². The Hall–Kier alpha value is -6.52. The summed E-state index contributed by atoms with van der Waals surface area (Å²) in [5, 5.41) is 46.5. The highest BCUT2D eigenvalue weighted by Crippen LogP contribution is 2.12. The lowest BCUT2D eigenvalue weighted by molar-refractivity contribution is -0.136. The maximum Gasteiger partial charge on any atom is 0.258 e. The standard InChI is InChI=1S/C48H82N14O13/c1-25(2)22-35-45(71)56-30(12-17-49)40(66)55-33(15-20-52)44(70)62-38(27(5)63)47(73)53-21-16-34(43(69)54-31(13-18-50)42(68)59-36(23-26(3)4)46(72)60-35)57-41(67)32(14-19-51)58-48(74)39(28(6)64)61-37(65)24-75-29-10-8-7-9-11-29/h7-11,25-28,30-36,38-39,63-64H,12-24,49-52H2,1-6H3,(H,53,73)(H,54,69)(H,55,66)(H,56,71)(H,57,67)(H,58,74)(H,59,68)(H,60,72)(H,61,65)(H,62,70). The molecule has 20 N–H and O–H groups in total. The normalized spacial score (nSPS) is 23.6. The van der Waals surface area contributed by atoms with Crippen molar-refractivity contribution < 1.29 is 62.9 Å². The van der Waals surface area contributed by atoms with Gasteiger partial charge in [0.25, 0.3) is 5.91 Å². The van der Waals surface area contributed by atoms with Crippen LogP contribution in [0.25, 0.3) is 0 Å². The lowest BCUT2D eigenvalue weighted by atomic mass is 9.99. The Kier molecular flexibility index (Phi) is 28.8. The number of benzene rings is 1. The van der Waals surface area contributed by atoms with Gasteiger partial charge in [0.15, 0.2) is 6.61 Å². The van der Waals surface area contributed by atoms with Gasteiger partial charge in [-0.15, -0.1) is 0 Å². The zero-order valence-corrected chi connectivity index (χ0v) is 43.8. The van der Waals surface area contributed by atoms with Crippen molar-refractivity contribution >= 4 is 59.1 Å². The molecular weight excluding hydrogens is 981 g/mol. The van der Waals surface area contributed by atoms with Gasteiger partial charge in [-0.3, -0.25) is 47.9 Å². The number of amides is 10. The summed E-state index contributed by atoms with van der Waals surface area (Å²) in [6, 6.07) is -4.75. The van der Waals surface area contributed by atoms with Crippen LogP contribution in [0.3, 0.4) is 0 Å². The lowest BCUT2D eigenvalue weighted by Crippen LogP contribution is -2.61. The molecule has 75 heavy (non-hydrogen) atoms. The van der Waals surface area contributed by atoms with E-state index in [1.165, 1.54) is 13.8 Å². The Labute approximate surface area is 437 Å². The molecule has 0 saturated carbocycles. The van der Waals surface area contributed by atoms with Gasteiger partial charge < -0.3 is 91.1 Å². The van der Waals surface area contributed by atoms with Crippen LogP contribution in [-0.2, 0) is 47.9 Å². The first-order valence-electron chi connectivity index (χ1n) is 25.3. The maximum absolute atomic E-state index is 14.3. The Morgan fingerprint density at radius 1 is 0.600 bits per heavy atom. The van der Waals surface area contributed by atoms with E-state index < -0.39 is 145 Å². The van der Waals surface area contributed by atoms with Crippen molar-refractivity contribution in [1.82, 2.24) is 53.2 Å². The van der Waals surface area contributed by atoms with Crippen LogP contribution < -0.4 is 80.8 Å². The monoisotopic (exact) mass is 1060 g/mol. The van der Waals surface area contributed by atoms with E-state index in [4.69, 9.17) is 27.7 Å². The molecule has 0 bridgehead atoms. The number of rotatable bonds is 22. The van der Waals surface area contributed by atoms with Crippen LogP contribution in [0.2, 0.25) is 0 Å². The highest BCUT2D eigenvalue weighted by Gasteiger charge is 2.37. The molecule has 1 aromatic carbocycles. The fraction of sp³-hybridized carbons (Fsp3) is 0.667. The fourth-order valence-corrected chi connectivity index (χ4v) is 7.71. The second-order valence-corrected chi connectivity index (χ2v) is 19.2. The molecule has 1 saturated heterocycles. The van der Waals surface area contributed by atoms with Gasteiger partial charge in [-0.2, -0.15) is 0 Å². The fourth-order valence-electron chi connectivity index (χ4n) is 7.71. The van der Waals surface area contributed by atoms with Crippen molar-refractivity contribution in [2.24, 2.45) is 34.8 Å². The van der Waals surface area contributed by atoms with E-state index in [0.717, 1.165) is 0 Å². The molecule has 1 aliphatic rings. The van der Waals surface area contributed by atoms with Gasteiger partial charge in [0.1, 0.15) is 60.1 Å². The summed E-state index contributed by atoms with van der Waals surface area (Å²) in [6.45, 7) is 8.05. The molecule has 2 rings (SSSR count). The van der Waals surface area contributed by atoms with Crippen molar-refractivity contribution in [1.29, 1.82) is 0 Å². The lowest BCUT2D eigenvalue weighted by Gasteiger charge is -2.29. The Morgan fingerprint density at radius 2 is 1.05 bits per heavy atom. The highest BCUT2D eigenvalue weighted by molar-refractivity contribution is 5.99. The predicted octanol–water partition coefficient (Wildman–Crippen LogP) is -5.80. The van der Waals surface area contributed by atoms with E-state index >= 15 is 0 Å². The number of ether oxygens (including phenoxy) is 1. The van der Waals surface area contributed by atoms with Gasteiger partial charge in [-0.25, -0.2) is 0 Å². The third kappa shape index (κ3) is 22.9. The molecule has 0 radical (unpaired) electrons. The minimum atomic E-state index is -1.66. The first kappa shape index (κ1) is 64.6. The zero-order chi connectivity index (χ0) is 56.4. The van der Waals surface area contributed by atoms with Crippen LogP contribution in [0, 0.1) is 11.8 Å². The molecule has 0 aromatic heterocycles. The zero-order valence-electron chi connectivity index (χ0n) is 43.8. The number of para-hydroxylation sites is 1. The minimum Gasteiger partial charge on any atom is -0.484 e. The molecule has 1 aromatic rings. The molecule has 27 heteroatoms. The first-order valence-corrected chi connectivity index (χ1v) is 25.3. The average Bonchev–Trinajstić information content (AvgIpc) is 3.34. The van der Waals surface area contributed by atoms with Gasteiger partial charge in [0.2, 0.25) is 53.2 Å². The summed E-state index contributed by atoms with van der Waals surface area (Å²) in [6.07, 6.45) is -4.00.